The van der Waals surface area contributed by atoms with Gasteiger partial charge in [0.15, 0.2) is 18.9 Å². The molecule has 3 heterocycles. The lowest BCUT2D eigenvalue weighted by Crippen LogP contribution is -2.66. The molecule has 3 fully saturated rings. The second kappa shape index (κ2) is 43.8. The number of rotatable bonds is 40. The number of allylic oxidation sites excluding steroid dienone is 19. The van der Waals surface area contributed by atoms with Gasteiger partial charge in [-0.25, -0.2) is 0 Å². The minimum Gasteiger partial charge on any atom is -0.394 e. The molecule has 12 N–H and O–H groups in total. The molecule has 0 radical (unpaired) electrons. The van der Waals surface area contributed by atoms with Crippen molar-refractivity contribution in [1.82, 2.24) is 5.32 Å². The molecule has 1 amide bonds. The van der Waals surface area contributed by atoms with E-state index >= 15 is 0 Å². The van der Waals surface area contributed by atoms with Crippen molar-refractivity contribution < 1.29 is 89.4 Å². The topological polar surface area (TPSA) is 307 Å². The molecule has 3 aliphatic heterocycles. The highest BCUT2D eigenvalue weighted by molar-refractivity contribution is 5.76. The van der Waals surface area contributed by atoms with Crippen molar-refractivity contribution in [3.63, 3.8) is 0 Å². The maximum atomic E-state index is 13.3. The first-order valence-electron chi connectivity index (χ1n) is 29.3. The third-order valence-electron chi connectivity index (χ3n) is 13.7. The van der Waals surface area contributed by atoms with Gasteiger partial charge in [0, 0.05) is 6.42 Å². The fraction of sp³-hybridized carbons (Fsp3) is 0.661. The number of unbranched alkanes of at least 4 members (excludes halogenated alkanes) is 6. The normalized spacial score (nSPS) is 30.7. The van der Waals surface area contributed by atoms with Crippen molar-refractivity contribution in [2.24, 2.45) is 0 Å². The van der Waals surface area contributed by atoms with Crippen LogP contribution in [-0.4, -0.2) is 193 Å². The van der Waals surface area contributed by atoms with Gasteiger partial charge in [0.2, 0.25) is 5.91 Å². The zero-order chi connectivity index (χ0) is 59.0. The summed E-state index contributed by atoms with van der Waals surface area (Å²) >= 11 is 0. The van der Waals surface area contributed by atoms with Gasteiger partial charge in [-0.2, -0.15) is 0 Å². The summed E-state index contributed by atoms with van der Waals surface area (Å²) in [5.74, 6) is -0.331. The van der Waals surface area contributed by atoms with E-state index in [1.165, 1.54) is 0 Å². The molecule has 3 aliphatic rings. The molecular weight excluding hydrogens is 1050 g/mol. The molecule has 19 heteroatoms. The number of amides is 1. The lowest BCUT2D eigenvalue weighted by atomic mass is 9.96. The molecule has 3 saturated heterocycles. The van der Waals surface area contributed by atoms with Gasteiger partial charge in [0.1, 0.15) is 73.2 Å². The minimum absolute atomic E-state index is 0.183. The van der Waals surface area contributed by atoms with Crippen LogP contribution in [-0.2, 0) is 33.2 Å². The molecule has 19 nitrogen and oxygen atoms in total. The molecule has 460 valence electrons. The SMILES string of the molecule is CC/C=C\C/C=C\C/C=C\C/C=C\C/C=C\C/C=C\C/C=C\CCCCCC(=O)NC(COC1OC(CO)C(OC2OC(CO)C(OC3OC(CO)C(O)C(O)C3O)C(O)C2O)C(O)C1O)C(O)/C=C/CC/C=C/CC/C=C/CCC. The number of nitrogens with one attached hydrogen (secondary N) is 1. The van der Waals surface area contributed by atoms with Gasteiger partial charge in [-0.15, -0.1) is 0 Å². The number of hydrogen-bond acceptors (Lipinski definition) is 18. The number of carbonyl (C=O) groups is 1. The first-order valence-corrected chi connectivity index (χ1v) is 29.3. The first-order chi connectivity index (χ1) is 39.3. The zero-order valence-electron chi connectivity index (χ0n) is 47.7. The summed E-state index contributed by atoms with van der Waals surface area (Å²) in [6.45, 7) is 1.42. The maximum absolute atomic E-state index is 13.3. The molecule has 0 spiro atoms. The second-order valence-corrected chi connectivity index (χ2v) is 20.3. The minimum atomic E-state index is -1.99. The predicted octanol–water partition coefficient (Wildman–Crippen LogP) is 4.92. The number of aliphatic hydroxyl groups excluding tert-OH is 11. The fourth-order valence-electron chi connectivity index (χ4n) is 8.91. The molecule has 81 heavy (non-hydrogen) atoms. The highest BCUT2D eigenvalue weighted by Gasteiger charge is 2.53. The van der Waals surface area contributed by atoms with Gasteiger partial charge in [0.05, 0.1) is 38.6 Å². The Balaban J connectivity index is 1.49. The molecule has 0 aromatic carbocycles. The lowest BCUT2D eigenvalue weighted by molar-refractivity contribution is -0.379. The Morgan fingerprint density at radius 2 is 0.864 bits per heavy atom. The van der Waals surface area contributed by atoms with Crippen LogP contribution in [0.1, 0.15) is 129 Å². The van der Waals surface area contributed by atoms with E-state index in [0.717, 1.165) is 96.3 Å². The Kier molecular flexibility index (Phi) is 38.6. The van der Waals surface area contributed by atoms with Crippen LogP contribution in [0.2, 0.25) is 0 Å². The Labute approximate surface area is 480 Å². The van der Waals surface area contributed by atoms with E-state index in [1.807, 2.05) is 0 Å². The summed E-state index contributed by atoms with van der Waals surface area (Å²) in [5.41, 5.74) is 0. The van der Waals surface area contributed by atoms with E-state index in [9.17, 15) is 61.0 Å². The summed E-state index contributed by atoms with van der Waals surface area (Å²) < 4.78 is 34.1. The standard InChI is InChI=1S/C62H99NO18/c1-3-5-7-9-11-13-15-16-17-18-19-20-21-22-23-24-25-26-27-28-30-32-34-36-38-40-50(68)63-45(46(67)39-37-35-33-31-29-14-12-10-8-6-4-2)44-76-60-56(74)53(71)58(48(42-65)78-60)81-62-57(75)54(72)59(49(43-66)79-62)80-61-55(73)52(70)51(69)47(41-64)77-61/h5,7-8,10-11,13,16-17,19-20,22-23,25-26,28-31,37,39,45-49,51-62,64-67,69-75H,3-4,6,9,12,14-15,18,21,24,27,32-36,38,40-44H2,1-2H3,(H,63,68)/b7-5-,10-8+,13-11-,17-16-,20-19-,23-22-,26-25-,30-28-,31-29+,39-37+. The summed E-state index contributed by atoms with van der Waals surface area (Å²) in [6.07, 6.45) is 30.5. The Bertz CT molecular complexity index is 1950. The van der Waals surface area contributed by atoms with E-state index < -0.39 is 131 Å². The van der Waals surface area contributed by atoms with Crippen molar-refractivity contribution in [2.45, 2.75) is 234 Å². The first kappa shape index (κ1) is 71.5. The van der Waals surface area contributed by atoms with E-state index in [2.05, 4.69) is 129 Å². The smallest absolute Gasteiger partial charge is 0.220 e. The van der Waals surface area contributed by atoms with Gasteiger partial charge in [-0.05, 0) is 96.3 Å². The van der Waals surface area contributed by atoms with Crippen LogP contribution in [0.5, 0.6) is 0 Å². The Morgan fingerprint density at radius 1 is 0.457 bits per heavy atom. The molecule has 0 saturated carbocycles. The summed E-state index contributed by atoms with van der Waals surface area (Å²) in [4.78, 5) is 13.3. The van der Waals surface area contributed by atoms with Crippen LogP contribution in [0.25, 0.3) is 0 Å². The molecule has 0 bridgehead atoms. The number of carbonyl (C=O) groups excluding carboxylic acids is 1. The monoisotopic (exact) mass is 1150 g/mol. The summed E-state index contributed by atoms with van der Waals surface area (Å²) in [6, 6.07) is -1.02. The Hall–Kier alpha value is -3.81. The van der Waals surface area contributed by atoms with E-state index in [-0.39, 0.29) is 12.3 Å². The maximum Gasteiger partial charge on any atom is 0.220 e. The highest BCUT2D eigenvalue weighted by atomic mass is 16.8. The van der Waals surface area contributed by atoms with Crippen LogP contribution in [0.3, 0.4) is 0 Å². The van der Waals surface area contributed by atoms with Crippen LogP contribution >= 0.6 is 0 Å². The van der Waals surface area contributed by atoms with Gasteiger partial charge in [-0.3, -0.25) is 4.79 Å². The largest absolute Gasteiger partial charge is 0.394 e. The molecule has 0 aromatic rings. The van der Waals surface area contributed by atoms with Gasteiger partial charge >= 0.3 is 0 Å². The fourth-order valence-corrected chi connectivity index (χ4v) is 8.91. The van der Waals surface area contributed by atoms with E-state index in [0.29, 0.717) is 12.8 Å². The van der Waals surface area contributed by atoms with Crippen molar-refractivity contribution in [1.29, 1.82) is 0 Å². The predicted molar refractivity (Wildman–Crippen MR) is 309 cm³/mol. The lowest BCUT2D eigenvalue weighted by Gasteiger charge is -2.48. The van der Waals surface area contributed by atoms with Crippen LogP contribution < -0.4 is 5.32 Å². The summed E-state index contributed by atoms with van der Waals surface area (Å²) in [7, 11) is 0. The average Bonchev–Trinajstić information content (AvgIpc) is 3.51. The van der Waals surface area contributed by atoms with E-state index in [4.69, 9.17) is 28.4 Å². The average molecular weight is 1150 g/mol. The van der Waals surface area contributed by atoms with Crippen LogP contribution in [0, 0.1) is 0 Å². The van der Waals surface area contributed by atoms with Crippen molar-refractivity contribution in [2.75, 3.05) is 26.4 Å². The number of aliphatic hydroxyl groups is 11. The third kappa shape index (κ3) is 27.6. The second-order valence-electron chi connectivity index (χ2n) is 20.3. The summed E-state index contributed by atoms with van der Waals surface area (Å²) in [5, 5.41) is 120. The molecule has 0 aromatic heterocycles. The zero-order valence-corrected chi connectivity index (χ0v) is 47.7. The van der Waals surface area contributed by atoms with Crippen LogP contribution in [0.15, 0.2) is 122 Å². The van der Waals surface area contributed by atoms with Crippen molar-refractivity contribution in [3.05, 3.63) is 122 Å². The van der Waals surface area contributed by atoms with Crippen molar-refractivity contribution >= 4 is 5.91 Å². The quantitative estimate of drug-likeness (QED) is 0.0286. The van der Waals surface area contributed by atoms with Gasteiger partial charge < -0.3 is 89.9 Å². The highest BCUT2D eigenvalue weighted by Crippen LogP contribution is 2.33. The van der Waals surface area contributed by atoms with Crippen molar-refractivity contribution in [3.8, 4) is 0 Å². The third-order valence-corrected chi connectivity index (χ3v) is 13.7. The number of hydrogen-bond donors (Lipinski definition) is 12. The van der Waals surface area contributed by atoms with Crippen LogP contribution in [0.4, 0.5) is 0 Å². The van der Waals surface area contributed by atoms with E-state index in [1.54, 1.807) is 12.2 Å². The molecule has 0 aliphatic carbocycles. The molecule has 3 rings (SSSR count). The van der Waals surface area contributed by atoms with Gasteiger partial charge in [-0.1, -0.05) is 148 Å². The Morgan fingerprint density at radius 3 is 1.35 bits per heavy atom. The number of ether oxygens (including phenoxy) is 6. The van der Waals surface area contributed by atoms with Gasteiger partial charge in [0.25, 0.3) is 0 Å². The molecule has 17 unspecified atom stereocenters. The molecular formula is C62H99NO18. The molecule has 17 atom stereocenters.